The van der Waals surface area contributed by atoms with Crippen LogP contribution in [-0.4, -0.2) is 7.05 Å². The molecule has 0 radical (unpaired) electrons. The van der Waals surface area contributed by atoms with Crippen molar-refractivity contribution in [1.29, 1.82) is 0 Å². The van der Waals surface area contributed by atoms with Gasteiger partial charge in [-0.2, -0.15) is 0 Å². The van der Waals surface area contributed by atoms with Crippen molar-refractivity contribution in [3.63, 3.8) is 0 Å². The van der Waals surface area contributed by atoms with Crippen molar-refractivity contribution in [3.8, 4) is 0 Å². The second-order valence-electron chi connectivity index (χ2n) is 6.39. The minimum absolute atomic E-state index is 0.535. The lowest BCUT2D eigenvalue weighted by atomic mass is 9.75. The standard InChI is InChI=1S/C18H29N/c1-5-15-7-6-8-16(12-15)18(19-4)17-10-13(2)9-14(3)11-17/h9-11,15-16,18-19H,5-8,12H2,1-4H3. The van der Waals surface area contributed by atoms with E-state index in [1.54, 1.807) is 0 Å². The van der Waals surface area contributed by atoms with Crippen molar-refractivity contribution < 1.29 is 0 Å². The van der Waals surface area contributed by atoms with Gasteiger partial charge in [0.15, 0.2) is 0 Å². The number of nitrogens with one attached hydrogen (secondary N) is 1. The maximum atomic E-state index is 3.59. The van der Waals surface area contributed by atoms with Gasteiger partial charge in [-0.25, -0.2) is 0 Å². The summed E-state index contributed by atoms with van der Waals surface area (Å²) in [5.41, 5.74) is 4.26. The first-order valence-corrected chi connectivity index (χ1v) is 7.89. The molecule has 1 saturated carbocycles. The fourth-order valence-electron chi connectivity index (χ4n) is 3.87. The number of benzene rings is 1. The maximum absolute atomic E-state index is 3.59. The first-order chi connectivity index (χ1) is 9.13. The first kappa shape index (κ1) is 14.6. The summed E-state index contributed by atoms with van der Waals surface area (Å²) in [5, 5.41) is 3.59. The van der Waals surface area contributed by atoms with E-state index in [9.17, 15) is 0 Å². The lowest BCUT2D eigenvalue weighted by Crippen LogP contribution is -2.29. The monoisotopic (exact) mass is 259 g/mol. The average Bonchev–Trinajstić information content (AvgIpc) is 2.39. The fraction of sp³-hybridized carbons (Fsp3) is 0.667. The Kier molecular flexibility index (Phi) is 5.04. The van der Waals surface area contributed by atoms with Crippen LogP contribution in [0.3, 0.4) is 0 Å². The predicted molar refractivity (Wildman–Crippen MR) is 83.5 cm³/mol. The first-order valence-electron chi connectivity index (χ1n) is 7.89. The van der Waals surface area contributed by atoms with Crippen LogP contribution in [0.5, 0.6) is 0 Å². The Morgan fingerprint density at radius 3 is 2.42 bits per heavy atom. The average molecular weight is 259 g/mol. The molecule has 0 saturated heterocycles. The molecule has 1 aromatic carbocycles. The highest BCUT2D eigenvalue weighted by atomic mass is 14.9. The van der Waals surface area contributed by atoms with Gasteiger partial charge in [0.25, 0.3) is 0 Å². The maximum Gasteiger partial charge on any atom is 0.0346 e. The van der Waals surface area contributed by atoms with E-state index in [4.69, 9.17) is 0 Å². The van der Waals surface area contributed by atoms with Crippen LogP contribution in [0.1, 0.15) is 61.8 Å². The summed E-state index contributed by atoms with van der Waals surface area (Å²) in [6.45, 7) is 6.76. The van der Waals surface area contributed by atoms with Crippen molar-refractivity contribution in [2.45, 2.75) is 58.9 Å². The minimum Gasteiger partial charge on any atom is -0.313 e. The second-order valence-corrected chi connectivity index (χ2v) is 6.39. The van der Waals surface area contributed by atoms with Gasteiger partial charge in [-0.1, -0.05) is 55.5 Å². The Hall–Kier alpha value is -0.820. The van der Waals surface area contributed by atoms with Crippen molar-refractivity contribution >= 4 is 0 Å². The zero-order valence-corrected chi connectivity index (χ0v) is 13.0. The Bertz CT molecular complexity index is 390. The molecular weight excluding hydrogens is 230 g/mol. The molecule has 0 heterocycles. The lowest BCUT2D eigenvalue weighted by Gasteiger charge is -2.34. The zero-order valence-electron chi connectivity index (χ0n) is 13.0. The van der Waals surface area contributed by atoms with Crippen LogP contribution in [0.15, 0.2) is 18.2 Å². The van der Waals surface area contributed by atoms with E-state index in [0.29, 0.717) is 6.04 Å². The third-order valence-corrected chi connectivity index (χ3v) is 4.79. The molecule has 2 rings (SSSR count). The minimum atomic E-state index is 0.535. The van der Waals surface area contributed by atoms with E-state index in [1.165, 1.54) is 48.8 Å². The van der Waals surface area contributed by atoms with Crippen LogP contribution in [0.4, 0.5) is 0 Å². The van der Waals surface area contributed by atoms with Crippen molar-refractivity contribution in [2.75, 3.05) is 7.05 Å². The van der Waals surface area contributed by atoms with Gasteiger partial charge in [-0.05, 0) is 51.1 Å². The molecule has 0 amide bonds. The smallest absolute Gasteiger partial charge is 0.0346 e. The summed E-state index contributed by atoms with van der Waals surface area (Å²) in [6, 6.07) is 7.53. The molecule has 0 aromatic heterocycles. The van der Waals surface area contributed by atoms with Crippen molar-refractivity contribution in [2.24, 2.45) is 11.8 Å². The lowest BCUT2D eigenvalue weighted by molar-refractivity contribution is 0.214. The summed E-state index contributed by atoms with van der Waals surface area (Å²) in [6.07, 6.45) is 6.98. The molecule has 1 N–H and O–H groups in total. The number of aryl methyl sites for hydroxylation is 2. The highest BCUT2D eigenvalue weighted by molar-refractivity contribution is 5.31. The Balaban J connectivity index is 2.18. The third-order valence-electron chi connectivity index (χ3n) is 4.79. The largest absolute Gasteiger partial charge is 0.313 e. The van der Waals surface area contributed by atoms with Gasteiger partial charge >= 0.3 is 0 Å². The van der Waals surface area contributed by atoms with Gasteiger partial charge in [0.1, 0.15) is 0 Å². The van der Waals surface area contributed by atoms with Gasteiger partial charge < -0.3 is 5.32 Å². The third kappa shape index (κ3) is 3.60. The molecule has 19 heavy (non-hydrogen) atoms. The van der Waals surface area contributed by atoms with Gasteiger partial charge in [0, 0.05) is 6.04 Å². The fourth-order valence-corrected chi connectivity index (χ4v) is 3.87. The normalized spacial score (nSPS) is 25.3. The summed E-state index contributed by atoms with van der Waals surface area (Å²) < 4.78 is 0. The highest BCUT2D eigenvalue weighted by Crippen LogP contribution is 2.38. The second kappa shape index (κ2) is 6.56. The molecule has 1 heteroatoms. The molecule has 106 valence electrons. The van der Waals surface area contributed by atoms with Crippen LogP contribution in [0.25, 0.3) is 0 Å². The van der Waals surface area contributed by atoms with E-state index >= 15 is 0 Å². The molecule has 1 nitrogen and oxygen atoms in total. The van der Waals surface area contributed by atoms with Gasteiger partial charge in [-0.3, -0.25) is 0 Å². The van der Waals surface area contributed by atoms with Gasteiger partial charge in [0.05, 0.1) is 0 Å². The SMILES string of the molecule is CCC1CCCC(C(NC)c2cc(C)cc(C)c2)C1. The molecule has 1 aliphatic carbocycles. The quantitative estimate of drug-likeness (QED) is 0.820. The van der Waals surface area contributed by atoms with Gasteiger partial charge in [0.2, 0.25) is 0 Å². The summed E-state index contributed by atoms with van der Waals surface area (Å²) in [4.78, 5) is 0. The van der Waals surface area contributed by atoms with Crippen LogP contribution < -0.4 is 5.32 Å². The Labute approximate surface area is 118 Å². The summed E-state index contributed by atoms with van der Waals surface area (Å²) in [5.74, 6) is 1.76. The van der Waals surface area contributed by atoms with Crippen LogP contribution >= 0.6 is 0 Å². The summed E-state index contributed by atoms with van der Waals surface area (Å²) >= 11 is 0. The molecule has 1 fully saturated rings. The molecule has 1 aliphatic rings. The molecule has 3 atom stereocenters. The van der Waals surface area contributed by atoms with E-state index < -0.39 is 0 Å². The van der Waals surface area contributed by atoms with E-state index in [1.807, 2.05) is 0 Å². The topological polar surface area (TPSA) is 12.0 Å². The van der Waals surface area contributed by atoms with Crippen LogP contribution in [0, 0.1) is 25.7 Å². The molecule has 0 aliphatic heterocycles. The Morgan fingerprint density at radius 1 is 1.16 bits per heavy atom. The Morgan fingerprint density at radius 2 is 1.84 bits per heavy atom. The molecular formula is C18H29N. The summed E-state index contributed by atoms with van der Waals surface area (Å²) in [7, 11) is 2.12. The van der Waals surface area contributed by atoms with Crippen molar-refractivity contribution in [1.82, 2.24) is 5.32 Å². The predicted octanol–water partition coefficient (Wildman–Crippen LogP) is 4.78. The molecule has 0 spiro atoms. The molecule has 0 bridgehead atoms. The van der Waals surface area contributed by atoms with Gasteiger partial charge in [-0.15, -0.1) is 0 Å². The highest BCUT2D eigenvalue weighted by Gasteiger charge is 2.27. The van der Waals surface area contributed by atoms with E-state index in [2.05, 4.69) is 51.3 Å². The van der Waals surface area contributed by atoms with Crippen LogP contribution in [-0.2, 0) is 0 Å². The zero-order chi connectivity index (χ0) is 13.8. The van der Waals surface area contributed by atoms with Crippen LogP contribution in [0.2, 0.25) is 0 Å². The molecule has 3 unspecified atom stereocenters. The molecule has 1 aromatic rings. The van der Waals surface area contributed by atoms with E-state index in [-0.39, 0.29) is 0 Å². The number of rotatable bonds is 4. The number of hydrogen-bond acceptors (Lipinski definition) is 1. The van der Waals surface area contributed by atoms with E-state index in [0.717, 1.165) is 11.8 Å². The number of hydrogen-bond donors (Lipinski definition) is 1. The van der Waals surface area contributed by atoms with Crippen molar-refractivity contribution in [3.05, 3.63) is 34.9 Å².